The van der Waals surface area contributed by atoms with E-state index in [4.69, 9.17) is 0 Å². The van der Waals surface area contributed by atoms with E-state index in [0.29, 0.717) is 35.8 Å². The first-order valence-corrected chi connectivity index (χ1v) is 9.06. The fourth-order valence-corrected chi connectivity index (χ4v) is 3.48. The van der Waals surface area contributed by atoms with Gasteiger partial charge in [0.25, 0.3) is 0 Å². The molecule has 1 aliphatic heterocycles. The molecule has 0 spiro atoms. The van der Waals surface area contributed by atoms with Gasteiger partial charge in [0.05, 0.1) is 11.9 Å². The molecule has 3 heterocycles. The molecule has 2 aromatic heterocycles. The summed E-state index contributed by atoms with van der Waals surface area (Å²) in [5, 5.41) is 13.8. The number of aromatic nitrogens is 3. The summed E-state index contributed by atoms with van der Waals surface area (Å²) in [6, 6.07) is -0.374. The molecule has 3 amide bonds. The highest BCUT2D eigenvalue weighted by Gasteiger charge is 2.39. The molecular weight excluding hydrogens is 385 g/mol. The Hall–Kier alpha value is -2.63. The van der Waals surface area contributed by atoms with E-state index in [-0.39, 0.29) is 25.0 Å². The van der Waals surface area contributed by atoms with Crippen molar-refractivity contribution in [1.29, 1.82) is 0 Å². The molecule has 0 radical (unpaired) electrons. The van der Waals surface area contributed by atoms with Crippen molar-refractivity contribution >= 4 is 29.0 Å². The van der Waals surface area contributed by atoms with Crippen molar-refractivity contribution in [2.24, 2.45) is 5.92 Å². The van der Waals surface area contributed by atoms with Crippen LogP contribution >= 0.6 is 11.3 Å². The number of urea groups is 1. The maximum atomic E-state index is 12.5. The molecule has 1 atom stereocenters. The number of thiazole rings is 1. The molecule has 0 bridgehead atoms. The van der Waals surface area contributed by atoms with E-state index < -0.39 is 12.1 Å². The number of likely N-dealkylation sites (tertiary alicyclic amines) is 1. The molecule has 1 fully saturated rings. The number of hydrogen-bond acceptors (Lipinski definition) is 5. The standard InChI is InChI=1S/C15H17F3N6O2S/c16-15(17,18)13(25)20-6-9-2-1-4-24(8-9)14(26)22-10-7-21-23-11(10)12-19-3-5-27-12/h3,5,7,9H,1-2,4,6,8H2,(H,20,25)(H,21,23)(H,22,26). The van der Waals surface area contributed by atoms with Crippen molar-refractivity contribution < 1.29 is 22.8 Å². The normalized spacial score (nSPS) is 17.6. The molecule has 27 heavy (non-hydrogen) atoms. The number of carbonyl (C=O) groups excluding carboxylic acids is 2. The molecule has 1 unspecified atom stereocenters. The highest BCUT2D eigenvalue weighted by Crippen LogP contribution is 2.27. The quantitative estimate of drug-likeness (QED) is 0.731. The van der Waals surface area contributed by atoms with Gasteiger partial charge in [0.1, 0.15) is 10.7 Å². The molecule has 0 aromatic carbocycles. The summed E-state index contributed by atoms with van der Waals surface area (Å²) in [5.41, 5.74) is 1.06. The number of alkyl halides is 3. The van der Waals surface area contributed by atoms with Crippen LogP contribution in [0, 0.1) is 5.92 Å². The van der Waals surface area contributed by atoms with Crippen LogP contribution in [-0.4, -0.2) is 57.8 Å². The van der Waals surface area contributed by atoms with E-state index in [1.807, 2.05) is 5.32 Å². The number of nitrogens with one attached hydrogen (secondary N) is 3. The third kappa shape index (κ3) is 4.76. The monoisotopic (exact) mass is 402 g/mol. The Morgan fingerprint density at radius 1 is 1.41 bits per heavy atom. The Balaban J connectivity index is 1.56. The van der Waals surface area contributed by atoms with E-state index in [1.165, 1.54) is 22.4 Å². The molecule has 2 aromatic rings. The van der Waals surface area contributed by atoms with E-state index in [2.05, 4.69) is 20.5 Å². The minimum absolute atomic E-state index is 0.127. The zero-order valence-corrected chi connectivity index (χ0v) is 14.9. The van der Waals surface area contributed by atoms with E-state index in [9.17, 15) is 22.8 Å². The number of anilines is 1. The first-order valence-electron chi connectivity index (χ1n) is 8.19. The maximum Gasteiger partial charge on any atom is 0.471 e. The third-order valence-electron chi connectivity index (χ3n) is 4.14. The molecule has 0 aliphatic carbocycles. The van der Waals surface area contributed by atoms with Crippen LogP contribution in [0.3, 0.4) is 0 Å². The number of rotatable bonds is 4. The Morgan fingerprint density at radius 2 is 2.22 bits per heavy atom. The van der Waals surface area contributed by atoms with Crippen molar-refractivity contribution in [3.63, 3.8) is 0 Å². The van der Waals surface area contributed by atoms with E-state index >= 15 is 0 Å². The second-order valence-corrected chi connectivity index (χ2v) is 6.98. The summed E-state index contributed by atoms with van der Waals surface area (Å²) < 4.78 is 36.8. The van der Waals surface area contributed by atoms with Gasteiger partial charge >= 0.3 is 18.1 Å². The Morgan fingerprint density at radius 3 is 2.93 bits per heavy atom. The summed E-state index contributed by atoms with van der Waals surface area (Å²) >= 11 is 1.39. The highest BCUT2D eigenvalue weighted by atomic mass is 32.1. The fourth-order valence-electron chi connectivity index (χ4n) is 2.84. The van der Waals surface area contributed by atoms with E-state index in [0.717, 1.165) is 0 Å². The third-order valence-corrected chi connectivity index (χ3v) is 4.93. The number of aromatic amines is 1. The average Bonchev–Trinajstić information content (AvgIpc) is 3.30. The highest BCUT2D eigenvalue weighted by molar-refractivity contribution is 7.13. The number of hydrogen-bond donors (Lipinski definition) is 3. The molecule has 12 heteroatoms. The van der Waals surface area contributed by atoms with Crippen LogP contribution in [0.25, 0.3) is 10.7 Å². The molecule has 3 N–H and O–H groups in total. The largest absolute Gasteiger partial charge is 0.471 e. The lowest BCUT2D eigenvalue weighted by Gasteiger charge is -2.32. The van der Waals surface area contributed by atoms with Gasteiger partial charge in [-0.05, 0) is 18.8 Å². The predicted molar refractivity (Wildman–Crippen MR) is 92.1 cm³/mol. The van der Waals surface area contributed by atoms with Gasteiger partial charge in [0.15, 0.2) is 0 Å². The van der Waals surface area contributed by atoms with Gasteiger partial charge in [0.2, 0.25) is 0 Å². The lowest BCUT2D eigenvalue weighted by molar-refractivity contribution is -0.173. The number of carbonyl (C=O) groups is 2. The first-order chi connectivity index (χ1) is 12.8. The number of halogens is 3. The number of piperidine rings is 1. The van der Waals surface area contributed by atoms with Gasteiger partial charge in [-0.3, -0.25) is 9.89 Å². The molecular formula is C15H17F3N6O2S. The summed E-state index contributed by atoms with van der Waals surface area (Å²) in [6.07, 6.45) is -0.515. The molecule has 3 rings (SSSR count). The lowest BCUT2D eigenvalue weighted by atomic mass is 9.98. The second kappa shape index (κ2) is 7.94. The van der Waals surface area contributed by atoms with Crippen molar-refractivity contribution in [3.05, 3.63) is 17.8 Å². The number of nitrogens with zero attached hydrogens (tertiary/aromatic N) is 3. The van der Waals surface area contributed by atoms with Crippen LogP contribution in [0.5, 0.6) is 0 Å². The molecule has 1 aliphatic rings. The van der Waals surface area contributed by atoms with E-state index in [1.54, 1.807) is 11.6 Å². The van der Waals surface area contributed by atoms with Crippen LogP contribution in [0.4, 0.5) is 23.7 Å². The number of amides is 3. The minimum Gasteiger partial charge on any atom is -0.348 e. The van der Waals surface area contributed by atoms with Gasteiger partial charge in [-0.1, -0.05) is 0 Å². The lowest BCUT2D eigenvalue weighted by Crippen LogP contribution is -2.47. The topological polar surface area (TPSA) is 103 Å². The molecule has 146 valence electrons. The smallest absolute Gasteiger partial charge is 0.348 e. The minimum atomic E-state index is -4.90. The maximum absolute atomic E-state index is 12.5. The predicted octanol–water partition coefficient (Wildman–Crippen LogP) is 2.46. The summed E-state index contributed by atoms with van der Waals surface area (Å²) in [6.45, 7) is 0.618. The van der Waals surface area contributed by atoms with Crippen molar-refractivity contribution in [1.82, 2.24) is 25.4 Å². The van der Waals surface area contributed by atoms with Crippen LogP contribution in [-0.2, 0) is 4.79 Å². The molecule has 8 nitrogen and oxygen atoms in total. The van der Waals surface area contributed by atoms with Crippen LogP contribution in [0.1, 0.15) is 12.8 Å². The molecule has 0 saturated carbocycles. The summed E-state index contributed by atoms with van der Waals surface area (Å²) in [7, 11) is 0. The van der Waals surface area contributed by atoms with Gasteiger partial charge in [-0.15, -0.1) is 11.3 Å². The van der Waals surface area contributed by atoms with Crippen LogP contribution < -0.4 is 10.6 Å². The zero-order valence-electron chi connectivity index (χ0n) is 14.0. The second-order valence-electron chi connectivity index (χ2n) is 6.09. The van der Waals surface area contributed by atoms with Gasteiger partial charge in [-0.25, -0.2) is 9.78 Å². The Labute approximate surface area is 156 Å². The summed E-state index contributed by atoms with van der Waals surface area (Å²) in [5.74, 6) is -2.20. The van der Waals surface area contributed by atoms with Crippen LogP contribution in [0.15, 0.2) is 17.8 Å². The first kappa shape index (κ1) is 19.1. The SMILES string of the molecule is O=C(Nc1cn[nH]c1-c1nccs1)N1CCCC(CNC(=O)C(F)(F)F)C1. The van der Waals surface area contributed by atoms with Crippen LogP contribution in [0.2, 0.25) is 0 Å². The average molecular weight is 402 g/mol. The van der Waals surface area contributed by atoms with Gasteiger partial charge in [0, 0.05) is 31.2 Å². The Kier molecular flexibility index (Phi) is 5.63. The van der Waals surface area contributed by atoms with Crippen molar-refractivity contribution in [2.75, 3.05) is 25.0 Å². The zero-order chi connectivity index (χ0) is 19.4. The Bertz CT molecular complexity index is 792. The molecule has 1 saturated heterocycles. The van der Waals surface area contributed by atoms with Crippen molar-refractivity contribution in [2.45, 2.75) is 19.0 Å². The van der Waals surface area contributed by atoms with Gasteiger partial charge < -0.3 is 15.5 Å². The van der Waals surface area contributed by atoms with Gasteiger partial charge in [-0.2, -0.15) is 18.3 Å². The van der Waals surface area contributed by atoms with Crippen molar-refractivity contribution in [3.8, 4) is 10.7 Å². The fraction of sp³-hybridized carbons (Fsp3) is 0.467. The summed E-state index contributed by atoms with van der Waals surface area (Å²) in [4.78, 5) is 29.1. The number of H-pyrrole nitrogens is 1.